The van der Waals surface area contributed by atoms with Crippen molar-refractivity contribution in [1.82, 2.24) is 5.43 Å². The number of hydrogen-bond donors (Lipinski definition) is 3. The maximum atomic E-state index is 11.0. The van der Waals surface area contributed by atoms with Gasteiger partial charge in [-0.15, -0.1) is 0 Å². The summed E-state index contributed by atoms with van der Waals surface area (Å²) < 4.78 is 4.61. The largest absolute Gasteiger partial charge is 0.461 e. The first kappa shape index (κ1) is 13.1. The molecule has 0 aliphatic heterocycles. The van der Waals surface area contributed by atoms with Gasteiger partial charge in [0.1, 0.15) is 10.9 Å². The van der Waals surface area contributed by atoms with E-state index in [4.69, 9.17) is 34.8 Å². The second-order valence-corrected chi connectivity index (χ2v) is 2.93. The Balaban J connectivity index is 4.66. The lowest BCUT2D eigenvalue weighted by Crippen LogP contribution is -2.19. The summed E-state index contributed by atoms with van der Waals surface area (Å²) in [5, 5.41) is 0.0219. The third-order valence-electron chi connectivity index (χ3n) is 1.14. The van der Waals surface area contributed by atoms with Crippen LogP contribution in [-0.4, -0.2) is 12.6 Å². The van der Waals surface area contributed by atoms with E-state index >= 15 is 0 Å². The van der Waals surface area contributed by atoms with E-state index in [1.54, 1.807) is 6.92 Å². The van der Waals surface area contributed by atoms with E-state index in [9.17, 15) is 4.79 Å². The zero-order valence-electron chi connectivity index (χ0n) is 7.51. The van der Waals surface area contributed by atoms with Crippen LogP contribution in [0.15, 0.2) is 22.0 Å². The Morgan fingerprint density at radius 1 is 1.57 bits per heavy atom. The van der Waals surface area contributed by atoms with Gasteiger partial charge < -0.3 is 15.9 Å². The summed E-state index contributed by atoms with van der Waals surface area (Å²) in [7, 11) is 0. The molecule has 0 spiro atoms. The van der Waals surface area contributed by atoms with Gasteiger partial charge in [-0.25, -0.2) is 10.6 Å². The number of nitrogens with one attached hydrogen (secondary N) is 1. The monoisotopic (exact) mass is 239 g/mol. The number of ether oxygens (including phenoxy) is 1. The second kappa shape index (κ2) is 6.53. The minimum Gasteiger partial charge on any atom is -0.461 e. The Kier molecular flexibility index (Phi) is 6.11. The molecule has 0 aliphatic rings. The van der Waals surface area contributed by atoms with Crippen molar-refractivity contribution in [3.8, 4) is 0 Å². The molecule has 0 amide bonds. The van der Waals surface area contributed by atoms with Crippen molar-refractivity contribution >= 4 is 29.2 Å². The van der Waals surface area contributed by atoms with E-state index in [0.29, 0.717) is 0 Å². The van der Waals surface area contributed by atoms with Crippen LogP contribution >= 0.6 is 23.2 Å². The number of esters is 1. The van der Waals surface area contributed by atoms with Crippen LogP contribution in [0.25, 0.3) is 0 Å². The molecule has 0 rings (SSSR count). The van der Waals surface area contributed by atoms with Crippen molar-refractivity contribution in [3.63, 3.8) is 0 Å². The molecule has 0 aromatic heterocycles. The Morgan fingerprint density at radius 3 is 2.57 bits per heavy atom. The Labute approximate surface area is 91.6 Å². The van der Waals surface area contributed by atoms with Crippen LogP contribution in [0.4, 0.5) is 0 Å². The lowest BCUT2D eigenvalue weighted by Gasteiger charge is -2.02. The highest BCUT2D eigenvalue weighted by Gasteiger charge is 2.10. The maximum Gasteiger partial charge on any atom is 0.355 e. The molecule has 0 unspecified atom stereocenters. The van der Waals surface area contributed by atoms with E-state index in [1.165, 1.54) is 6.08 Å². The Hall–Kier alpha value is -0.910. The summed E-state index contributed by atoms with van der Waals surface area (Å²) in [6, 6.07) is 0. The molecule has 80 valence electrons. The van der Waals surface area contributed by atoms with Gasteiger partial charge in [-0.1, -0.05) is 23.2 Å². The van der Waals surface area contributed by atoms with Gasteiger partial charge in [0.15, 0.2) is 0 Å². The van der Waals surface area contributed by atoms with Crippen LogP contribution in [0.5, 0.6) is 0 Å². The highest BCUT2D eigenvalue weighted by molar-refractivity contribution is 6.35. The number of hydrazine groups is 1. The molecular formula is C7H11Cl2N3O2. The van der Waals surface area contributed by atoms with Gasteiger partial charge in [0.2, 0.25) is 0 Å². The first-order valence-corrected chi connectivity index (χ1v) is 4.44. The lowest BCUT2D eigenvalue weighted by molar-refractivity contribution is -0.138. The second-order valence-electron chi connectivity index (χ2n) is 2.12. The molecule has 0 saturated heterocycles. The van der Waals surface area contributed by atoms with Crippen molar-refractivity contribution in [2.24, 2.45) is 11.6 Å². The molecule has 0 aromatic rings. The zero-order chi connectivity index (χ0) is 11.1. The highest BCUT2D eigenvalue weighted by Crippen LogP contribution is 2.11. The number of rotatable bonds is 4. The molecule has 0 aromatic carbocycles. The summed E-state index contributed by atoms with van der Waals surface area (Å²) in [6.45, 7) is 1.87. The zero-order valence-corrected chi connectivity index (χ0v) is 9.02. The summed E-state index contributed by atoms with van der Waals surface area (Å²) >= 11 is 11.1. The molecule has 0 fully saturated rings. The van der Waals surface area contributed by atoms with Crippen molar-refractivity contribution < 1.29 is 9.53 Å². The first-order valence-electron chi connectivity index (χ1n) is 3.69. The number of carbonyl (C=O) groups excluding carboxylic acids is 1. The van der Waals surface area contributed by atoms with Crippen molar-refractivity contribution in [2.45, 2.75) is 6.92 Å². The van der Waals surface area contributed by atoms with Crippen LogP contribution in [0.3, 0.4) is 0 Å². The molecule has 5 N–H and O–H groups in total. The van der Waals surface area contributed by atoms with Crippen molar-refractivity contribution in [3.05, 3.63) is 22.0 Å². The third-order valence-corrected chi connectivity index (χ3v) is 1.67. The first-order chi connectivity index (χ1) is 6.52. The van der Waals surface area contributed by atoms with Gasteiger partial charge in [-0.3, -0.25) is 0 Å². The highest BCUT2D eigenvalue weighted by atomic mass is 35.5. The third kappa shape index (κ3) is 4.36. The fourth-order valence-electron chi connectivity index (χ4n) is 0.537. The van der Waals surface area contributed by atoms with Crippen LogP contribution in [-0.2, 0) is 9.53 Å². The van der Waals surface area contributed by atoms with E-state index in [-0.39, 0.29) is 22.5 Å². The summed E-state index contributed by atoms with van der Waals surface area (Å²) in [6.07, 6.45) is 1.20. The summed E-state index contributed by atoms with van der Waals surface area (Å²) in [5.41, 5.74) is 7.25. The van der Waals surface area contributed by atoms with Crippen LogP contribution in [0.1, 0.15) is 6.92 Å². The van der Waals surface area contributed by atoms with E-state index in [0.717, 1.165) is 0 Å². The normalized spacial score (nSPS) is 13.3. The smallest absolute Gasteiger partial charge is 0.355 e. The average Bonchev–Trinajstić information content (AvgIpc) is 2.16. The number of halogens is 2. The number of hydrogen-bond acceptors (Lipinski definition) is 5. The van der Waals surface area contributed by atoms with Gasteiger partial charge in [0.05, 0.1) is 11.6 Å². The van der Waals surface area contributed by atoms with Gasteiger partial charge in [0, 0.05) is 0 Å². The number of carbonyl (C=O) groups is 1. The van der Waals surface area contributed by atoms with Crippen molar-refractivity contribution in [2.75, 3.05) is 6.61 Å². The molecule has 0 radical (unpaired) electrons. The van der Waals surface area contributed by atoms with E-state index in [2.05, 4.69) is 10.2 Å². The fourth-order valence-corrected chi connectivity index (χ4v) is 0.888. The fraction of sp³-hybridized carbons (Fsp3) is 0.286. The molecule has 0 aliphatic carbocycles. The Morgan fingerprint density at radius 2 is 2.14 bits per heavy atom. The molecule has 7 heteroatoms. The van der Waals surface area contributed by atoms with Crippen LogP contribution in [0, 0.1) is 0 Å². The molecule has 0 heterocycles. The minimum atomic E-state index is -0.699. The molecular weight excluding hydrogens is 229 g/mol. The quantitative estimate of drug-likeness (QED) is 0.166. The van der Waals surface area contributed by atoms with Crippen LogP contribution < -0.4 is 17.0 Å². The van der Waals surface area contributed by atoms with Gasteiger partial charge in [-0.2, -0.15) is 0 Å². The number of nitrogens with two attached hydrogens (primary N) is 2. The summed E-state index contributed by atoms with van der Waals surface area (Å²) in [4.78, 5) is 11.0. The maximum absolute atomic E-state index is 11.0. The molecule has 0 atom stereocenters. The molecule has 14 heavy (non-hydrogen) atoms. The molecule has 0 bridgehead atoms. The summed E-state index contributed by atoms with van der Waals surface area (Å²) in [5.74, 6) is 4.27. The SMILES string of the molecule is CCOC(=O)/C(N)=C(Cl)/C=C(/Cl)NN. The predicted molar refractivity (Wildman–Crippen MR) is 55.0 cm³/mol. The predicted octanol–water partition coefficient (Wildman–Crippen LogP) is 0.502. The molecule has 5 nitrogen and oxygen atoms in total. The molecule has 0 saturated carbocycles. The number of allylic oxidation sites excluding steroid dienone is 2. The Bertz CT molecular complexity index is 276. The van der Waals surface area contributed by atoms with Gasteiger partial charge in [-0.05, 0) is 13.0 Å². The lowest BCUT2D eigenvalue weighted by atomic mass is 10.4. The van der Waals surface area contributed by atoms with Gasteiger partial charge in [0.25, 0.3) is 0 Å². The average molecular weight is 240 g/mol. The van der Waals surface area contributed by atoms with Gasteiger partial charge >= 0.3 is 5.97 Å². The van der Waals surface area contributed by atoms with E-state index < -0.39 is 5.97 Å². The van der Waals surface area contributed by atoms with Crippen molar-refractivity contribution in [1.29, 1.82) is 0 Å². The van der Waals surface area contributed by atoms with E-state index in [1.807, 2.05) is 0 Å². The standard InChI is InChI=1S/C7H11Cl2N3O2/c1-2-14-7(13)6(10)4(8)3-5(9)12-11/h3,12H,2,10-11H2,1H3/b5-3-,6-4+. The van der Waals surface area contributed by atoms with Crippen LogP contribution in [0.2, 0.25) is 0 Å². The minimum absolute atomic E-state index is 0.0357. The topological polar surface area (TPSA) is 90.4 Å².